The summed E-state index contributed by atoms with van der Waals surface area (Å²) in [7, 11) is 1.60. The maximum atomic E-state index is 12.8. The number of anilines is 1. The molecule has 1 heterocycles. The van der Waals surface area contributed by atoms with Crippen molar-refractivity contribution in [2.45, 2.75) is 6.42 Å². The minimum Gasteiger partial charge on any atom is -0.497 e. The van der Waals surface area contributed by atoms with Gasteiger partial charge in [0, 0.05) is 16.6 Å². The highest BCUT2D eigenvalue weighted by Gasteiger charge is 2.12. The number of methoxy groups -OCH3 is 1. The number of halogens is 1. The molecule has 0 aliphatic heterocycles. The summed E-state index contributed by atoms with van der Waals surface area (Å²) in [6, 6.07) is 12.7. The molecule has 0 spiro atoms. The minimum atomic E-state index is -0.555. The van der Waals surface area contributed by atoms with Gasteiger partial charge in [0.15, 0.2) is 6.61 Å². The van der Waals surface area contributed by atoms with Crippen LogP contribution in [0.5, 0.6) is 5.75 Å². The quantitative estimate of drug-likeness (QED) is 0.612. The normalized spacial score (nSPS) is 10.4. The highest BCUT2D eigenvalue weighted by Crippen LogP contribution is 2.25. The zero-order valence-corrected chi connectivity index (χ0v) is 15.8. The summed E-state index contributed by atoms with van der Waals surface area (Å²) in [5, 5.41) is 5.07. The average molecular weight is 400 g/mol. The molecule has 0 aliphatic rings. The first kappa shape index (κ1) is 19.5. The van der Waals surface area contributed by atoms with Crippen LogP contribution >= 0.6 is 11.3 Å². The van der Waals surface area contributed by atoms with E-state index in [9.17, 15) is 14.0 Å². The monoisotopic (exact) mass is 400 g/mol. The van der Waals surface area contributed by atoms with Crippen LogP contribution in [-0.2, 0) is 20.7 Å². The van der Waals surface area contributed by atoms with E-state index in [1.807, 2.05) is 24.3 Å². The van der Waals surface area contributed by atoms with Gasteiger partial charge in [0.2, 0.25) is 0 Å². The van der Waals surface area contributed by atoms with Crippen LogP contribution in [0.2, 0.25) is 0 Å². The smallest absolute Gasteiger partial charge is 0.312 e. The van der Waals surface area contributed by atoms with Crippen molar-refractivity contribution < 1.29 is 23.5 Å². The van der Waals surface area contributed by atoms with E-state index in [1.165, 1.54) is 35.6 Å². The molecule has 28 heavy (non-hydrogen) atoms. The van der Waals surface area contributed by atoms with Gasteiger partial charge in [0.05, 0.1) is 19.2 Å². The van der Waals surface area contributed by atoms with Gasteiger partial charge in [-0.1, -0.05) is 0 Å². The number of nitrogens with zero attached hydrogens (tertiary/aromatic N) is 1. The summed E-state index contributed by atoms with van der Waals surface area (Å²) >= 11 is 1.42. The lowest BCUT2D eigenvalue weighted by Gasteiger charge is -2.06. The third kappa shape index (κ3) is 5.37. The van der Waals surface area contributed by atoms with E-state index < -0.39 is 24.3 Å². The van der Waals surface area contributed by atoms with Gasteiger partial charge in [-0.2, -0.15) is 0 Å². The van der Waals surface area contributed by atoms with Gasteiger partial charge in [-0.25, -0.2) is 9.37 Å². The molecule has 0 radical (unpaired) electrons. The van der Waals surface area contributed by atoms with E-state index in [-0.39, 0.29) is 6.42 Å². The van der Waals surface area contributed by atoms with Crippen LogP contribution in [0.3, 0.4) is 0 Å². The molecule has 0 aliphatic carbocycles. The molecule has 0 saturated carbocycles. The topological polar surface area (TPSA) is 77.5 Å². The number of ether oxygens (including phenoxy) is 2. The van der Waals surface area contributed by atoms with Gasteiger partial charge in [0.1, 0.15) is 16.6 Å². The van der Waals surface area contributed by atoms with Gasteiger partial charge in [0.25, 0.3) is 5.91 Å². The van der Waals surface area contributed by atoms with Crippen molar-refractivity contribution in [3.05, 3.63) is 65.4 Å². The molecule has 0 fully saturated rings. The predicted molar refractivity (Wildman–Crippen MR) is 104 cm³/mol. The Bertz CT molecular complexity index is 955. The highest BCUT2D eigenvalue weighted by atomic mass is 32.1. The number of carbonyl (C=O) groups excluding carboxylic acids is 2. The molecular weight excluding hydrogens is 383 g/mol. The fourth-order valence-corrected chi connectivity index (χ4v) is 3.16. The third-order valence-corrected chi connectivity index (χ3v) is 4.65. The lowest BCUT2D eigenvalue weighted by atomic mass is 10.2. The first-order valence-corrected chi connectivity index (χ1v) is 9.21. The number of thiazole rings is 1. The molecule has 0 bridgehead atoms. The van der Waals surface area contributed by atoms with Gasteiger partial charge in [-0.3, -0.25) is 9.59 Å². The van der Waals surface area contributed by atoms with E-state index in [2.05, 4.69) is 10.3 Å². The number of rotatable bonds is 7. The van der Waals surface area contributed by atoms with Crippen molar-refractivity contribution >= 4 is 28.9 Å². The predicted octanol–water partition coefficient (Wildman–Crippen LogP) is 3.68. The Labute approximate surface area is 164 Å². The third-order valence-electron chi connectivity index (χ3n) is 3.71. The Balaban J connectivity index is 1.48. The minimum absolute atomic E-state index is 0.0313. The van der Waals surface area contributed by atoms with Gasteiger partial charge >= 0.3 is 5.97 Å². The van der Waals surface area contributed by atoms with E-state index in [0.717, 1.165) is 16.3 Å². The van der Waals surface area contributed by atoms with Gasteiger partial charge in [-0.05, 0) is 48.5 Å². The Morgan fingerprint density at radius 2 is 1.82 bits per heavy atom. The van der Waals surface area contributed by atoms with Crippen molar-refractivity contribution in [3.8, 4) is 16.3 Å². The van der Waals surface area contributed by atoms with E-state index >= 15 is 0 Å². The number of carbonyl (C=O) groups is 2. The Morgan fingerprint density at radius 1 is 1.11 bits per heavy atom. The molecule has 1 N–H and O–H groups in total. The van der Waals surface area contributed by atoms with Crippen LogP contribution < -0.4 is 10.1 Å². The molecule has 3 aromatic rings. The van der Waals surface area contributed by atoms with Crippen LogP contribution in [-0.4, -0.2) is 30.6 Å². The number of aromatic nitrogens is 1. The second-order valence-corrected chi connectivity index (χ2v) is 6.62. The van der Waals surface area contributed by atoms with Crippen LogP contribution in [0.4, 0.5) is 10.1 Å². The number of hydrogen-bond acceptors (Lipinski definition) is 6. The Kier molecular flexibility index (Phi) is 6.33. The van der Waals surface area contributed by atoms with Gasteiger partial charge in [-0.15, -0.1) is 11.3 Å². The number of benzene rings is 2. The molecule has 6 nitrogen and oxygen atoms in total. The first-order valence-electron chi connectivity index (χ1n) is 8.33. The molecule has 0 unspecified atom stereocenters. The van der Waals surface area contributed by atoms with Crippen LogP contribution in [0.15, 0.2) is 53.9 Å². The molecular formula is C20H17FN2O4S. The van der Waals surface area contributed by atoms with Gasteiger partial charge < -0.3 is 14.8 Å². The first-order chi connectivity index (χ1) is 13.5. The Hall–Kier alpha value is -3.26. The maximum absolute atomic E-state index is 12.8. The second-order valence-electron chi connectivity index (χ2n) is 5.77. The summed E-state index contributed by atoms with van der Waals surface area (Å²) in [5.41, 5.74) is 1.91. The zero-order chi connectivity index (χ0) is 19.9. The zero-order valence-electron chi connectivity index (χ0n) is 15.0. The van der Waals surface area contributed by atoms with Crippen LogP contribution in [0, 0.1) is 5.82 Å². The molecule has 2 aromatic carbocycles. The second kappa shape index (κ2) is 9.09. The summed E-state index contributed by atoms with van der Waals surface area (Å²) < 4.78 is 22.9. The number of hydrogen-bond donors (Lipinski definition) is 1. The van der Waals surface area contributed by atoms with E-state index in [1.54, 1.807) is 12.5 Å². The van der Waals surface area contributed by atoms with E-state index in [0.29, 0.717) is 11.4 Å². The summed E-state index contributed by atoms with van der Waals surface area (Å²) in [6.45, 7) is -0.425. The fraction of sp³-hybridized carbons (Fsp3) is 0.150. The molecule has 1 amide bonds. The molecule has 1 aromatic heterocycles. The molecule has 0 atom stereocenters. The van der Waals surface area contributed by atoms with Crippen molar-refractivity contribution in [1.82, 2.24) is 4.98 Å². The van der Waals surface area contributed by atoms with Crippen LogP contribution in [0.25, 0.3) is 10.6 Å². The van der Waals surface area contributed by atoms with Crippen molar-refractivity contribution in [2.24, 2.45) is 0 Å². The highest BCUT2D eigenvalue weighted by molar-refractivity contribution is 7.13. The van der Waals surface area contributed by atoms with Crippen molar-refractivity contribution in [2.75, 3.05) is 19.0 Å². The lowest BCUT2D eigenvalue weighted by molar-refractivity contribution is -0.146. The lowest BCUT2D eigenvalue weighted by Crippen LogP contribution is -2.21. The maximum Gasteiger partial charge on any atom is 0.312 e. The number of nitrogens with one attached hydrogen (secondary N) is 1. The molecule has 8 heteroatoms. The number of amides is 1. The van der Waals surface area contributed by atoms with Crippen molar-refractivity contribution in [1.29, 1.82) is 0 Å². The van der Waals surface area contributed by atoms with E-state index in [4.69, 9.17) is 9.47 Å². The number of esters is 1. The molecule has 144 valence electrons. The summed E-state index contributed by atoms with van der Waals surface area (Å²) in [6.07, 6.45) is -0.0313. The standard InChI is InChI=1S/C20H17FN2O4S/c1-26-17-8-2-13(3-9-17)20-23-16(12-28-20)10-19(25)27-11-18(24)22-15-6-4-14(21)5-7-15/h2-9,12H,10-11H2,1H3,(H,22,24). The average Bonchev–Trinajstić information content (AvgIpc) is 3.16. The molecule has 0 saturated heterocycles. The largest absolute Gasteiger partial charge is 0.497 e. The summed E-state index contributed by atoms with van der Waals surface area (Å²) in [4.78, 5) is 28.1. The van der Waals surface area contributed by atoms with Crippen LogP contribution in [0.1, 0.15) is 5.69 Å². The fourth-order valence-electron chi connectivity index (χ4n) is 2.33. The SMILES string of the molecule is COc1ccc(-c2nc(CC(=O)OCC(=O)Nc3ccc(F)cc3)cs2)cc1. The van der Waals surface area contributed by atoms with Crippen molar-refractivity contribution in [3.63, 3.8) is 0 Å². The Morgan fingerprint density at radius 3 is 2.50 bits per heavy atom. The summed E-state index contributed by atoms with van der Waals surface area (Å²) in [5.74, 6) is -0.706. The molecule has 3 rings (SSSR count).